The molecular formula is C75H146O17P2. The van der Waals surface area contributed by atoms with Crippen LogP contribution in [0, 0.1) is 17.8 Å². The summed E-state index contributed by atoms with van der Waals surface area (Å²) in [6.07, 6.45) is 51.2. The van der Waals surface area contributed by atoms with Crippen molar-refractivity contribution in [2.75, 3.05) is 39.6 Å². The molecule has 94 heavy (non-hydrogen) atoms. The number of carbonyl (C=O) groups excluding carboxylic acids is 4. The molecule has 0 bridgehead atoms. The van der Waals surface area contributed by atoms with Crippen LogP contribution in [0.3, 0.4) is 0 Å². The number of aliphatic hydroxyl groups excluding tert-OH is 1. The molecule has 0 rings (SSSR count). The molecule has 0 spiro atoms. The van der Waals surface area contributed by atoms with Crippen molar-refractivity contribution < 1.29 is 80.2 Å². The van der Waals surface area contributed by atoms with Crippen molar-refractivity contribution in [2.24, 2.45) is 17.8 Å². The molecule has 17 nitrogen and oxygen atoms in total. The third-order valence-electron chi connectivity index (χ3n) is 18.1. The minimum absolute atomic E-state index is 0.106. The monoisotopic (exact) mass is 1380 g/mol. The average molecular weight is 1380 g/mol. The summed E-state index contributed by atoms with van der Waals surface area (Å²) < 4.78 is 68.5. The van der Waals surface area contributed by atoms with Crippen LogP contribution in [0.25, 0.3) is 0 Å². The fourth-order valence-corrected chi connectivity index (χ4v) is 12.9. The molecule has 558 valence electrons. The van der Waals surface area contributed by atoms with Gasteiger partial charge in [-0.25, -0.2) is 9.13 Å². The maximum atomic E-state index is 13.1. The number of carbonyl (C=O) groups is 4. The van der Waals surface area contributed by atoms with E-state index in [1.807, 2.05) is 0 Å². The van der Waals surface area contributed by atoms with Crippen LogP contribution in [0.5, 0.6) is 0 Å². The van der Waals surface area contributed by atoms with E-state index in [1.165, 1.54) is 186 Å². The van der Waals surface area contributed by atoms with Gasteiger partial charge in [0, 0.05) is 25.7 Å². The van der Waals surface area contributed by atoms with E-state index in [-0.39, 0.29) is 25.7 Å². The lowest BCUT2D eigenvalue weighted by Crippen LogP contribution is -2.30. The van der Waals surface area contributed by atoms with Gasteiger partial charge in [-0.2, -0.15) is 0 Å². The Kier molecular flexibility index (Phi) is 64.3. The van der Waals surface area contributed by atoms with Crippen LogP contribution in [0.4, 0.5) is 0 Å². The molecule has 0 amide bonds. The van der Waals surface area contributed by atoms with Crippen molar-refractivity contribution in [3.63, 3.8) is 0 Å². The van der Waals surface area contributed by atoms with Gasteiger partial charge in [-0.3, -0.25) is 37.3 Å². The van der Waals surface area contributed by atoms with Crippen molar-refractivity contribution in [3.8, 4) is 0 Å². The van der Waals surface area contributed by atoms with Crippen LogP contribution < -0.4 is 0 Å². The topological polar surface area (TPSA) is 237 Å². The fraction of sp³-hybridized carbons (Fsp3) is 0.947. The Labute approximate surface area is 575 Å². The van der Waals surface area contributed by atoms with Crippen molar-refractivity contribution in [3.05, 3.63) is 0 Å². The summed E-state index contributed by atoms with van der Waals surface area (Å²) in [6, 6.07) is 0. The highest BCUT2D eigenvalue weighted by Gasteiger charge is 2.30. The van der Waals surface area contributed by atoms with Gasteiger partial charge in [0.2, 0.25) is 0 Å². The van der Waals surface area contributed by atoms with Crippen LogP contribution in [0.15, 0.2) is 0 Å². The van der Waals surface area contributed by atoms with Crippen molar-refractivity contribution in [1.82, 2.24) is 0 Å². The number of ether oxygens (including phenoxy) is 4. The smallest absolute Gasteiger partial charge is 0.462 e. The van der Waals surface area contributed by atoms with E-state index in [0.29, 0.717) is 25.7 Å². The normalized spacial score (nSPS) is 14.7. The zero-order valence-electron chi connectivity index (χ0n) is 61.4. The van der Waals surface area contributed by atoms with Crippen LogP contribution in [0.2, 0.25) is 0 Å². The molecule has 3 N–H and O–H groups in total. The van der Waals surface area contributed by atoms with E-state index in [2.05, 4.69) is 48.5 Å². The summed E-state index contributed by atoms with van der Waals surface area (Å²) in [5.41, 5.74) is 0. The Morgan fingerprint density at radius 1 is 0.309 bits per heavy atom. The zero-order chi connectivity index (χ0) is 69.4. The Bertz CT molecular complexity index is 1840. The van der Waals surface area contributed by atoms with E-state index in [1.54, 1.807) is 0 Å². The van der Waals surface area contributed by atoms with Gasteiger partial charge in [0.15, 0.2) is 12.2 Å². The molecule has 0 aromatic rings. The Morgan fingerprint density at radius 3 is 0.809 bits per heavy atom. The van der Waals surface area contributed by atoms with Crippen LogP contribution in [0.1, 0.15) is 382 Å². The maximum absolute atomic E-state index is 13.1. The number of rotatable bonds is 73. The lowest BCUT2D eigenvalue weighted by molar-refractivity contribution is -0.161. The molecule has 0 heterocycles. The molecule has 0 aliphatic heterocycles. The van der Waals surface area contributed by atoms with Gasteiger partial charge in [-0.1, -0.05) is 331 Å². The van der Waals surface area contributed by atoms with E-state index in [4.69, 9.17) is 37.0 Å². The molecule has 0 saturated heterocycles. The first-order valence-corrected chi connectivity index (χ1v) is 41.9. The quantitative estimate of drug-likeness (QED) is 0.0222. The lowest BCUT2D eigenvalue weighted by Gasteiger charge is -2.21. The van der Waals surface area contributed by atoms with Crippen molar-refractivity contribution in [1.29, 1.82) is 0 Å². The molecule has 0 aromatic carbocycles. The number of aliphatic hydroxyl groups is 1. The van der Waals surface area contributed by atoms with Gasteiger partial charge in [0.05, 0.1) is 26.4 Å². The number of hydrogen-bond donors (Lipinski definition) is 3. The molecule has 4 unspecified atom stereocenters. The van der Waals surface area contributed by atoms with Gasteiger partial charge in [0.25, 0.3) is 0 Å². The molecule has 7 atom stereocenters. The molecule has 0 aromatic heterocycles. The third-order valence-corrected chi connectivity index (χ3v) is 20.0. The summed E-state index contributed by atoms with van der Waals surface area (Å²) >= 11 is 0. The fourth-order valence-electron chi connectivity index (χ4n) is 11.4. The largest absolute Gasteiger partial charge is 0.472 e. The first-order valence-electron chi connectivity index (χ1n) is 38.9. The molecule has 0 saturated carbocycles. The van der Waals surface area contributed by atoms with Gasteiger partial charge >= 0.3 is 39.5 Å². The lowest BCUT2D eigenvalue weighted by atomic mass is 9.99. The van der Waals surface area contributed by atoms with E-state index >= 15 is 0 Å². The van der Waals surface area contributed by atoms with E-state index in [0.717, 1.165) is 114 Å². The number of phosphoric acid groups is 2. The molecule has 0 radical (unpaired) electrons. The predicted octanol–water partition coefficient (Wildman–Crippen LogP) is 21.8. The van der Waals surface area contributed by atoms with Gasteiger partial charge in [-0.05, 0) is 43.4 Å². The highest BCUT2D eigenvalue weighted by molar-refractivity contribution is 7.47. The number of esters is 4. The highest BCUT2D eigenvalue weighted by atomic mass is 31.2. The van der Waals surface area contributed by atoms with Crippen LogP contribution in [-0.4, -0.2) is 96.7 Å². The predicted molar refractivity (Wildman–Crippen MR) is 381 cm³/mol. The van der Waals surface area contributed by atoms with Crippen molar-refractivity contribution in [2.45, 2.75) is 401 Å². The minimum atomic E-state index is -4.96. The highest BCUT2D eigenvalue weighted by Crippen LogP contribution is 2.45. The van der Waals surface area contributed by atoms with E-state index in [9.17, 15) is 43.2 Å². The van der Waals surface area contributed by atoms with Gasteiger partial charge < -0.3 is 33.8 Å². The standard InChI is InChI=1S/C75H146O17P2/c1-8-11-12-13-14-15-16-23-30-35-44-51-58-74(79)92-71(63-86-73(78)57-50-43-38-37-41-48-55-68(7)10-3)65-90-94(83,84)88-61-69(76)60-87-93(81,82)89-64-70(62-85-72(77)56-49-42-34-29-26-25-28-33-40-47-54-67(6)9-2)91-75(80)59-52-45-36-31-24-21-19-17-18-20-22-27-32-39-46-53-66(4)5/h66-71,76H,8-65H2,1-7H3,(H,81,82)(H,83,84)/t67?,68?,69-,70-,71-/m1/s1. The first kappa shape index (κ1) is 92.1. The summed E-state index contributed by atoms with van der Waals surface area (Å²) in [5, 5.41) is 10.6. The minimum Gasteiger partial charge on any atom is -0.462 e. The molecule has 0 fully saturated rings. The van der Waals surface area contributed by atoms with Crippen LogP contribution in [-0.2, 0) is 65.4 Å². The van der Waals surface area contributed by atoms with Crippen LogP contribution >= 0.6 is 15.6 Å². The Hall–Kier alpha value is -1.94. The second kappa shape index (κ2) is 65.7. The summed E-state index contributed by atoms with van der Waals surface area (Å²) in [4.78, 5) is 72.8. The van der Waals surface area contributed by atoms with Gasteiger partial charge in [0.1, 0.15) is 19.3 Å². The molecule has 0 aliphatic carbocycles. The summed E-state index contributed by atoms with van der Waals surface area (Å²) in [6.45, 7) is 11.9. The number of unbranched alkanes of at least 4 members (excludes halogenated alkanes) is 39. The summed E-state index contributed by atoms with van der Waals surface area (Å²) in [7, 11) is -9.91. The number of phosphoric ester groups is 2. The Balaban J connectivity index is 5.25. The SMILES string of the molecule is CCCCCCCCCCCCCCC(=O)O[C@H](COC(=O)CCCCCCCCC(C)CC)COP(=O)(O)OC[C@H](O)COP(=O)(O)OC[C@@H](COC(=O)CCCCCCCCCCCCC(C)CC)OC(=O)CCCCCCCCCCCCCCCCCC(C)C. The number of hydrogen-bond acceptors (Lipinski definition) is 15. The third kappa shape index (κ3) is 66.0. The summed E-state index contributed by atoms with van der Waals surface area (Å²) in [5.74, 6) is 0.224. The Morgan fingerprint density at radius 2 is 0.543 bits per heavy atom. The second-order valence-corrected chi connectivity index (χ2v) is 30.9. The maximum Gasteiger partial charge on any atom is 0.472 e. The van der Waals surface area contributed by atoms with E-state index < -0.39 is 97.5 Å². The van der Waals surface area contributed by atoms with Crippen molar-refractivity contribution >= 4 is 39.5 Å². The second-order valence-electron chi connectivity index (χ2n) is 28.0. The molecule has 0 aliphatic rings. The first-order chi connectivity index (χ1) is 45.3. The molecule has 19 heteroatoms. The molecular weight excluding hydrogens is 1230 g/mol. The van der Waals surface area contributed by atoms with Gasteiger partial charge in [-0.15, -0.1) is 0 Å². The zero-order valence-corrected chi connectivity index (χ0v) is 63.2. The average Bonchev–Trinajstić information content (AvgIpc) is 1.73.